The maximum atomic E-state index is 6.01. The van der Waals surface area contributed by atoms with Crippen molar-refractivity contribution in [3.63, 3.8) is 0 Å². The molecular weight excluding hydrogens is 214 g/mol. The molecule has 0 saturated heterocycles. The molecule has 0 bridgehead atoms. The van der Waals surface area contributed by atoms with Crippen LogP contribution in [0.25, 0.3) is 0 Å². The molecule has 0 amide bonds. The van der Waals surface area contributed by atoms with Crippen LogP contribution in [-0.4, -0.2) is 37.2 Å². The third-order valence-corrected chi connectivity index (χ3v) is 2.45. The summed E-state index contributed by atoms with van der Waals surface area (Å²) in [5.74, 6) is 0.531. The van der Waals surface area contributed by atoms with Gasteiger partial charge in [-0.25, -0.2) is 4.99 Å². The maximum Gasteiger partial charge on any atom is 0.196 e. The lowest BCUT2D eigenvalue weighted by Gasteiger charge is -2.27. The van der Waals surface area contributed by atoms with Gasteiger partial charge >= 0.3 is 0 Å². The van der Waals surface area contributed by atoms with Crippen LogP contribution in [-0.2, 0) is 4.74 Å². The number of hydrogen-bond donors (Lipinski definition) is 1. The molecule has 0 aliphatic carbocycles. The Kier molecular flexibility index (Phi) is 5.49. The second kappa shape index (κ2) is 6.91. The minimum Gasteiger partial charge on any atom is -0.383 e. The van der Waals surface area contributed by atoms with Gasteiger partial charge < -0.3 is 15.4 Å². The fourth-order valence-electron chi connectivity index (χ4n) is 1.53. The molecular formula is C13H21N3O. The normalized spacial score (nSPS) is 11.9. The maximum absolute atomic E-state index is 6.01. The molecule has 0 aliphatic rings. The number of para-hydroxylation sites is 1. The molecule has 0 aliphatic heterocycles. The molecule has 1 aromatic carbocycles. The summed E-state index contributed by atoms with van der Waals surface area (Å²) in [6, 6.07) is 10.0. The van der Waals surface area contributed by atoms with Crippen LogP contribution in [0.15, 0.2) is 35.3 Å². The smallest absolute Gasteiger partial charge is 0.196 e. The molecule has 94 valence electrons. The third kappa shape index (κ3) is 4.44. The van der Waals surface area contributed by atoms with Crippen LogP contribution in [0.4, 0.5) is 5.69 Å². The number of nitrogens with zero attached hydrogens (tertiary/aromatic N) is 2. The SMILES string of the molecule is COCCN(C(N)=Nc1ccccc1)C(C)C. The van der Waals surface area contributed by atoms with E-state index in [9.17, 15) is 0 Å². The van der Waals surface area contributed by atoms with Gasteiger partial charge in [-0.2, -0.15) is 0 Å². The minimum atomic E-state index is 0.303. The van der Waals surface area contributed by atoms with Crippen LogP contribution >= 0.6 is 0 Å². The molecule has 1 aromatic rings. The molecule has 0 saturated carbocycles. The first-order valence-electron chi connectivity index (χ1n) is 5.80. The van der Waals surface area contributed by atoms with Gasteiger partial charge in [0.2, 0.25) is 0 Å². The molecule has 0 unspecified atom stereocenters. The molecule has 4 nitrogen and oxygen atoms in total. The van der Waals surface area contributed by atoms with Gasteiger partial charge in [0.25, 0.3) is 0 Å². The Hall–Kier alpha value is -1.55. The first-order chi connectivity index (χ1) is 8.15. The Bertz CT molecular complexity index is 349. The zero-order chi connectivity index (χ0) is 12.7. The number of methoxy groups -OCH3 is 1. The standard InChI is InChI=1S/C13H21N3O/c1-11(2)16(9-10-17-3)13(14)15-12-7-5-4-6-8-12/h4-8,11H,9-10H2,1-3H3,(H2,14,15). The van der Waals surface area contributed by atoms with E-state index in [4.69, 9.17) is 10.5 Å². The molecule has 0 atom stereocenters. The summed E-state index contributed by atoms with van der Waals surface area (Å²) in [6.45, 7) is 5.56. The molecule has 2 N–H and O–H groups in total. The topological polar surface area (TPSA) is 50.9 Å². The number of aliphatic imine (C=N–C) groups is 1. The van der Waals surface area contributed by atoms with E-state index in [1.165, 1.54) is 0 Å². The lowest BCUT2D eigenvalue weighted by Crippen LogP contribution is -2.43. The Balaban J connectivity index is 2.76. The highest BCUT2D eigenvalue weighted by molar-refractivity contribution is 5.81. The first kappa shape index (κ1) is 13.5. The fraction of sp³-hybridized carbons (Fsp3) is 0.462. The summed E-state index contributed by atoms with van der Waals surface area (Å²) in [4.78, 5) is 6.42. The number of hydrogen-bond acceptors (Lipinski definition) is 2. The van der Waals surface area contributed by atoms with Crippen LogP contribution in [0.5, 0.6) is 0 Å². The Morgan fingerprint density at radius 2 is 2.00 bits per heavy atom. The van der Waals surface area contributed by atoms with Crippen molar-refractivity contribution in [1.29, 1.82) is 0 Å². The Labute approximate surface area is 103 Å². The molecule has 0 aromatic heterocycles. The second-order valence-corrected chi connectivity index (χ2v) is 4.09. The van der Waals surface area contributed by atoms with Gasteiger partial charge in [0, 0.05) is 19.7 Å². The lowest BCUT2D eigenvalue weighted by atomic mass is 10.3. The van der Waals surface area contributed by atoms with Crippen molar-refractivity contribution in [1.82, 2.24) is 4.90 Å². The van der Waals surface area contributed by atoms with Crippen LogP contribution in [0.3, 0.4) is 0 Å². The number of ether oxygens (including phenoxy) is 1. The zero-order valence-electron chi connectivity index (χ0n) is 10.8. The van der Waals surface area contributed by atoms with E-state index in [0.717, 1.165) is 12.2 Å². The summed E-state index contributed by atoms with van der Waals surface area (Å²) in [7, 11) is 1.68. The van der Waals surface area contributed by atoms with E-state index in [2.05, 4.69) is 18.8 Å². The number of rotatable bonds is 5. The highest BCUT2D eigenvalue weighted by Crippen LogP contribution is 2.10. The van der Waals surface area contributed by atoms with Gasteiger partial charge in [-0.05, 0) is 26.0 Å². The summed E-state index contributed by atoms with van der Waals surface area (Å²) in [5.41, 5.74) is 6.88. The van der Waals surface area contributed by atoms with Crippen molar-refractivity contribution in [2.24, 2.45) is 10.7 Å². The molecule has 0 heterocycles. The number of nitrogens with two attached hydrogens (primary N) is 1. The van der Waals surface area contributed by atoms with Crippen molar-refractivity contribution < 1.29 is 4.74 Å². The second-order valence-electron chi connectivity index (χ2n) is 4.09. The number of benzene rings is 1. The fourth-order valence-corrected chi connectivity index (χ4v) is 1.53. The monoisotopic (exact) mass is 235 g/mol. The Morgan fingerprint density at radius 1 is 1.35 bits per heavy atom. The summed E-state index contributed by atoms with van der Waals surface area (Å²) in [6.07, 6.45) is 0. The van der Waals surface area contributed by atoms with Crippen molar-refractivity contribution in [3.8, 4) is 0 Å². The average Bonchev–Trinajstić information content (AvgIpc) is 2.30. The van der Waals surface area contributed by atoms with Crippen LogP contribution in [0.1, 0.15) is 13.8 Å². The van der Waals surface area contributed by atoms with Crippen molar-refractivity contribution in [2.75, 3.05) is 20.3 Å². The molecule has 17 heavy (non-hydrogen) atoms. The van der Waals surface area contributed by atoms with Crippen LogP contribution < -0.4 is 5.73 Å². The Morgan fingerprint density at radius 3 is 2.53 bits per heavy atom. The van der Waals surface area contributed by atoms with Gasteiger partial charge in [-0.15, -0.1) is 0 Å². The predicted octanol–water partition coefficient (Wildman–Crippen LogP) is 1.99. The predicted molar refractivity (Wildman–Crippen MR) is 71.4 cm³/mol. The van der Waals surface area contributed by atoms with Gasteiger partial charge in [0.05, 0.1) is 12.3 Å². The highest BCUT2D eigenvalue weighted by atomic mass is 16.5. The molecule has 0 spiro atoms. The third-order valence-electron chi connectivity index (χ3n) is 2.45. The van der Waals surface area contributed by atoms with E-state index in [1.54, 1.807) is 7.11 Å². The minimum absolute atomic E-state index is 0.303. The highest BCUT2D eigenvalue weighted by Gasteiger charge is 2.11. The van der Waals surface area contributed by atoms with E-state index in [1.807, 2.05) is 35.2 Å². The summed E-state index contributed by atoms with van der Waals surface area (Å²) in [5, 5.41) is 0. The molecule has 1 rings (SSSR count). The van der Waals surface area contributed by atoms with Gasteiger partial charge in [-0.3, -0.25) is 0 Å². The van der Waals surface area contributed by atoms with Crippen molar-refractivity contribution in [2.45, 2.75) is 19.9 Å². The zero-order valence-corrected chi connectivity index (χ0v) is 10.8. The van der Waals surface area contributed by atoms with E-state index >= 15 is 0 Å². The lowest BCUT2D eigenvalue weighted by molar-refractivity contribution is 0.166. The van der Waals surface area contributed by atoms with Crippen LogP contribution in [0, 0.1) is 0 Å². The van der Waals surface area contributed by atoms with Gasteiger partial charge in [0.1, 0.15) is 0 Å². The van der Waals surface area contributed by atoms with E-state index < -0.39 is 0 Å². The summed E-state index contributed by atoms with van der Waals surface area (Å²) >= 11 is 0. The average molecular weight is 235 g/mol. The van der Waals surface area contributed by atoms with E-state index in [0.29, 0.717) is 18.6 Å². The van der Waals surface area contributed by atoms with Crippen molar-refractivity contribution >= 4 is 11.6 Å². The van der Waals surface area contributed by atoms with Crippen molar-refractivity contribution in [3.05, 3.63) is 30.3 Å². The quantitative estimate of drug-likeness (QED) is 0.627. The van der Waals surface area contributed by atoms with E-state index in [-0.39, 0.29) is 0 Å². The molecule has 0 radical (unpaired) electrons. The molecule has 4 heteroatoms. The largest absolute Gasteiger partial charge is 0.383 e. The summed E-state index contributed by atoms with van der Waals surface area (Å²) < 4.78 is 5.07. The molecule has 0 fully saturated rings. The number of guanidine groups is 1. The van der Waals surface area contributed by atoms with Crippen LogP contribution in [0.2, 0.25) is 0 Å². The first-order valence-corrected chi connectivity index (χ1v) is 5.80. The van der Waals surface area contributed by atoms with Gasteiger partial charge in [-0.1, -0.05) is 18.2 Å². The van der Waals surface area contributed by atoms with Gasteiger partial charge in [0.15, 0.2) is 5.96 Å².